The highest BCUT2D eigenvalue weighted by Crippen LogP contribution is 2.20. The van der Waals surface area contributed by atoms with E-state index in [0.717, 1.165) is 16.5 Å². The Bertz CT molecular complexity index is 888. The van der Waals surface area contributed by atoms with Crippen molar-refractivity contribution in [3.63, 3.8) is 0 Å². The number of carbonyl (C=O) groups excluding carboxylic acids is 1. The van der Waals surface area contributed by atoms with E-state index in [-0.39, 0.29) is 18.4 Å². The number of H-pyrrole nitrogens is 1. The van der Waals surface area contributed by atoms with Gasteiger partial charge in [0.15, 0.2) is 0 Å². The lowest BCUT2D eigenvalue weighted by atomic mass is 10.0. The Morgan fingerprint density at radius 3 is 2.63 bits per heavy atom. The van der Waals surface area contributed by atoms with Crippen LogP contribution in [0.25, 0.3) is 10.9 Å². The summed E-state index contributed by atoms with van der Waals surface area (Å²) in [5.41, 5.74) is 1.85. The second-order valence-corrected chi connectivity index (χ2v) is 8.43. The quantitative estimate of drug-likeness (QED) is 0.645. The van der Waals surface area contributed by atoms with E-state index in [9.17, 15) is 13.2 Å². The summed E-state index contributed by atoms with van der Waals surface area (Å²) in [6.45, 7) is 5.31. The van der Waals surface area contributed by atoms with E-state index in [0.29, 0.717) is 26.3 Å². The summed E-state index contributed by atoms with van der Waals surface area (Å²) in [6.07, 6.45) is 2.09. The van der Waals surface area contributed by atoms with Crippen LogP contribution in [0, 0.1) is 0 Å². The number of benzene rings is 1. The molecule has 27 heavy (non-hydrogen) atoms. The maximum atomic E-state index is 13.0. The molecular formula is C18H26N4O4S. The molecule has 8 nitrogen and oxygen atoms in total. The lowest BCUT2D eigenvalue weighted by Gasteiger charge is -2.30. The first-order chi connectivity index (χ1) is 12.9. The van der Waals surface area contributed by atoms with Crippen molar-refractivity contribution in [2.75, 3.05) is 26.3 Å². The minimum atomic E-state index is -3.81. The van der Waals surface area contributed by atoms with Crippen LogP contribution >= 0.6 is 0 Å². The molecule has 1 fully saturated rings. The smallest absolute Gasteiger partial charge is 0.277 e. The number of morpholine rings is 1. The lowest BCUT2D eigenvalue weighted by molar-refractivity contribution is -0.137. The van der Waals surface area contributed by atoms with Gasteiger partial charge in [0, 0.05) is 36.2 Å². The second-order valence-electron chi connectivity index (χ2n) is 6.95. The number of hydrogen-bond donors (Lipinski definition) is 3. The number of aromatic nitrogens is 1. The van der Waals surface area contributed by atoms with Gasteiger partial charge in [-0.3, -0.25) is 4.79 Å². The maximum absolute atomic E-state index is 13.0. The monoisotopic (exact) mass is 394 g/mol. The third kappa shape index (κ3) is 5.07. The van der Waals surface area contributed by atoms with E-state index in [1.54, 1.807) is 18.7 Å². The molecule has 0 bridgehead atoms. The van der Waals surface area contributed by atoms with Crippen LogP contribution in [-0.4, -0.2) is 62.6 Å². The summed E-state index contributed by atoms with van der Waals surface area (Å²) in [7, 11) is -3.81. The number of fused-ring (bicyclic) bond motifs is 1. The van der Waals surface area contributed by atoms with Gasteiger partial charge < -0.3 is 14.6 Å². The van der Waals surface area contributed by atoms with Crippen LogP contribution in [0.15, 0.2) is 30.5 Å². The Morgan fingerprint density at radius 2 is 1.93 bits per heavy atom. The zero-order chi connectivity index (χ0) is 19.4. The number of hydrogen-bond acceptors (Lipinski definition) is 4. The predicted molar refractivity (Wildman–Crippen MR) is 104 cm³/mol. The van der Waals surface area contributed by atoms with Gasteiger partial charge in [-0.15, -0.1) is 0 Å². The number of nitrogens with zero attached hydrogens (tertiary/aromatic N) is 1. The Morgan fingerprint density at radius 1 is 1.22 bits per heavy atom. The third-order valence-corrected chi connectivity index (χ3v) is 5.78. The van der Waals surface area contributed by atoms with Gasteiger partial charge in [0.25, 0.3) is 10.2 Å². The molecule has 3 rings (SSSR count). The van der Waals surface area contributed by atoms with Gasteiger partial charge in [0.2, 0.25) is 5.91 Å². The normalized spacial score (nSPS) is 16.8. The first kappa shape index (κ1) is 19.8. The summed E-state index contributed by atoms with van der Waals surface area (Å²) in [6, 6.07) is 6.59. The topological polar surface area (TPSA) is 104 Å². The van der Waals surface area contributed by atoms with Crippen LogP contribution in [-0.2, 0) is 26.2 Å². The zero-order valence-electron chi connectivity index (χ0n) is 15.6. The SMILES string of the molecule is CC(C)NS(=O)(=O)NC(Cc1c[nH]c2ccccc12)C(=O)N1CCOCC1. The fourth-order valence-electron chi connectivity index (χ4n) is 3.24. The van der Waals surface area contributed by atoms with Crippen molar-refractivity contribution >= 4 is 27.0 Å². The van der Waals surface area contributed by atoms with Crippen molar-refractivity contribution < 1.29 is 17.9 Å². The Kier molecular flexibility index (Phi) is 6.15. The van der Waals surface area contributed by atoms with Crippen molar-refractivity contribution in [2.24, 2.45) is 0 Å². The minimum absolute atomic E-state index is 0.238. The van der Waals surface area contributed by atoms with E-state index in [4.69, 9.17) is 4.74 Å². The molecule has 0 aliphatic carbocycles. The molecule has 1 aliphatic heterocycles. The van der Waals surface area contributed by atoms with Gasteiger partial charge in [-0.05, 0) is 31.9 Å². The van der Waals surface area contributed by atoms with Gasteiger partial charge in [0.1, 0.15) is 6.04 Å². The third-order valence-electron chi connectivity index (χ3n) is 4.41. The predicted octanol–water partition coefficient (Wildman–Crippen LogP) is 0.770. The molecule has 1 aromatic carbocycles. The van der Waals surface area contributed by atoms with Crippen molar-refractivity contribution in [2.45, 2.75) is 32.4 Å². The molecule has 1 unspecified atom stereocenters. The van der Waals surface area contributed by atoms with E-state index < -0.39 is 16.3 Å². The molecular weight excluding hydrogens is 368 g/mol. The Hall–Kier alpha value is -1.94. The molecule has 0 radical (unpaired) electrons. The van der Waals surface area contributed by atoms with Gasteiger partial charge in [-0.2, -0.15) is 17.9 Å². The fraction of sp³-hybridized carbons (Fsp3) is 0.500. The Labute approximate surface area is 159 Å². The van der Waals surface area contributed by atoms with E-state index in [1.807, 2.05) is 30.5 Å². The molecule has 1 aliphatic rings. The molecule has 148 valence electrons. The highest BCUT2D eigenvalue weighted by atomic mass is 32.2. The maximum Gasteiger partial charge on any atom is 0.277 e. The Balaban J connectivity index is 1.85. The van der Waals surface area contributed by atoms with E-state index >= 15 is 0 Å². The summed E-state index contributed by atoms with van der Waals surface area (Å²) in [5, 5.41) is 0.980. The van der Waals surface area contributed by atoms with E-state index in [2.05, 4.69) is 14.4 Å². The zero-order valence-corrected chi connectivity index (χ0v) is 16.4. The summed E-state index contributed by atoms with van der Waals surface area (Å²) in [4.78, 5) is 17.9. The number of amides is 1. The van der Waals surface area contributed by atoms with Gasteiger partial charge in [0.05, 0.1) is 13.2 Å². The largest absolute Gasteiger partial charge is 0.378 e. The van der Waals surface area contributed by atoms with Crippen LogP contribution in [0.1, 0.15) is 19.4 Å². The summed E-state index contributed by atoms with van der Waals surface area (Å²) >= 11 is 0. The summed E-state index contributed by atoms with van der Waals surface area (Å²) < 4.78 is 35.1. The molecule has 1 aromatic heterocycles. The molecule has 0 spiro atoms. The van der Waals surface area contributed by atoms with Crippen molar-refractivity contribution in [1.29, 1.82) is 0 Å². The number of nitrogens with one attached hydrogen (secondary N) is 3. The van der Waals surface area contributed by atoms with Crippen LogP contribution in [0.5, 0.6) is 0 Å². The van der Waals surface area contributed by atoms with Gasteiger partial charge >= 0.3 is 0 Å². The molecule has 1 amide bonds. The number of aromatic amines is 1. The van der Waals surface area contributed by atoms with Gasteiger partial charge in [-0.25, -0.2) is 0 Å². The standard InChI is InChI=1S/C18H26N4O4S/c1-13(2)20-27(24,25)21-17(18(23)22-7-9-26-10-8-22)11-14-12-19-16-6-4-3-5-15(14)16/h3-6,12-13,17,19-21H,7-11H2,1-2H3. The van der Waals surface area contributed by atoms with Crippen LogP contribution in [0.2, 0.25) is 0 Å². The molecule has 9 heteroatoms. The fourth-order valence-corrected chi connectivity index (χ4v) is 4.48. The highest BCUT2D eigenvalue weighted by molar-refractivity contribution is 7.87. The first-order valence-electron chi connectivity index (χ1n) is 9.07. The van der Waals surface area contributed by atoms with Crippen molar-refractivity contribution in [3.05, 3.63) is 36.0 Å². The van der Waals surface area contributed by atoms with Crippen molar-refractivity contribution in [3.8, 4) is 0 Å². The molecule has 2 heterocycles. The number of carbonyl (C=O) groups is 1. The number of ether oxygens (including phenoxy) is 1. The van der Waals surface area contributed by atoms with Gasteiger partial charge in [-0.1, -0.05) is 18.2 Å². The molecule has 1 atom stereocenters. The lowest BCUT2D eigenvalue weighted by Crippen LogP contribution is -2.55. The number of rotatable bonds is 7. The van der Waals surface area contributed by atoms with Crippen molar-refractivity contribution in [1.82, 2.24) is 19.3 Å². The van der Waals surface area contributed by atoms with Crippen LogP contribution in [0.4, 0.5) is 0 Å². The average molecular weight is 394 g/mol. The average Bonchev–Trinajstić information content (AvgIpc) is 3.03. The first-order valence-corrected chi connectivity index (χ1v) is 10.5. The van der Waals surface area contributed by atoms with Crippen LogP contribution in [0.3, 0.4) is 0 Å². The minimum Gasteiger partial charge on any atom is -0.378 e. The molecule has 1 saturated heterocycles. The van der Waals surface area contributed by atoms with Crippen LogP contribution < -0.4 is 9.44 Å². The second kappa shape index (κ2) is 8.39. The highest BCUT2D eigenvalue weighted by Gasteiger charge is 2.30. The molecule has 3 N–H and O–H groups in total. The number of para-hydroxylation sites is 1. The molecule has 2 aromatic rings. The summed E-state index contributed by atoms with van der Waals surface area (Å²) in [5.74, 6) is -0.238. The molecule has 0 saturated carbocycles. The van der Waals surface area contributed by atoms with E-state index in [1.165, 1.54) is 0 Å².